The molecular weight excluding hydrogens is 186 g/mol. The zero-order chi connectivity index (χ0) is 10.7. The Bertz CT molecular complexity index is 330. The van der Waals surface area contributed by atoms with Gasteiger partial charge in [-0.25, -0.2) is 0 Å². The molecule has 3 heteroatoms. The van der Waals surface area contributed by atoms with Gasteiger partial charge in [-0.3, -0.25) is 0 Å². The molecule has 0 amide bonds. The van der Waals surface area contributed by atoms with Crippen molar-refractivity contribution in [3.63, 3.8) is 0 Å². The molecule has 0 aliphatic carbocycles. The van der Waals surface area contributed by atoms with E-state index in [1.54, 1.807) is 0 Å². The molecule has 0 radical (unpaired) electrons. The molecule has 0 bridgehead atoms. The number of nitrogens with one attached hydrogen (secondary N) is 2. The molecule has 0 saturated carbocycles. The molecule has 1 aliphatic heterocycles. The highest BCUT2D eigenvalue weighted by molar-refractivity contribution is 5.57. The highest BCUT2D eigenvalue weighted by Crippen LogP contribution is 2.19. The van der Waals surface area contributed by atoms with Crippen molar-refractivity contribution in [2.45, 2.75) is 25.8 Å². The zero-order valence-corrected chi connectivity index (χ0v) is 9.22. The van der Waals surface area contributed by atoms with Crippen molar-refractivity contribution in [1.29, 1.82) is 0 Å². The molecule has 1 aromatic rings. The number of piperidine rings is 1. The number of hydrogen-bond acceptors (Lipinski definition) is 3. The van der Waals surface area contributed by atoms with Crippen LogP contribution in [0, 0.1) is 6.92 Å². The Hall–Kier alpha value is -1.22. The summed E-state index contributed by atoms with van der Waals surface area (Å²) in [6.07, 6.45) is 2.40. The van der Waals surface area contributed by atoms with Gasteiger partial charge in [0.1, 0.15) is 0 Å². The van der Waals surface area contributed by atoms with E-state index in [0.29, 0.717) is 6.04 Å². The monoisotopic (exact) mass is 205 g/mol. The molecule has 2 rings (SSSR count). The summed E-state index contributed by atoms with van der Waals surface area (Å²) in [5, 5.41) is 6.91. The molecule has 1 fully saturated rings. The molecule has 0 spiro atoms. The van der Waals surface area contributed by atoms with Crippen LogP contribution in [0.25, 0.3) is 0 Å². The number of rotatable bonds is 2. The number of hydrogen-bond donors (Lipinski definition) is 3. The van der Waals surface area contributed by atoms with Crippen LogP contribution in [0.2, 0.25) is 0 Å². The van der Waals surface area contributed by atoms with E-state index in [-0.39, 0.29) is 0 Å². The molecular formula is C12H19N3. The van der Waals surface area contributed by atoms with E-state index >= 15 is 0 Å². The maximum Gasteiger partial charge on any atom is 0.0346 e. The summed E-state index contributed by atoms with van der Waals surface area (Å²) in [5.41, 5.74) is 8.99. The maximum atomic E-state index is 5.78. The van der Waals surface area contributed by atoms with Crippen molar-refractivity contribution in [1.82, 2.24) is 5.32 Å². The van der Waals surface area contributed by atoms with E-state index in [0.717, 1.165) is 24.3 Å². The van der Waals surface area contributed by atoms with Gasteiger partial charge in [0.15, 0.2) is 0 Å². The smallest absolute Gasteiger partial charge is 0.0346 e. The molecule has 1 aromatic carbocycles. The van der Waals surface area contributed by atoms with E-state index in [2.05, 4.69) is 22.8 Å². The molecule has 0 atom stereocenters. The first-order valence-corrected chi connectivity index (χ1v) is 5.59. The Morgan fingerprint density at radius 1 is 1.33 bits per heavy atom. The largest absolute Gasteiger partial charge is 0.399 e. The molecule has 1 heterocycles. The first kappa shape index (κ1) is 10.3. The van der Waals surface area contributed by atoms with Gasteiger partial charge in [0.05, 0.1) is 0 Å². The van der Waals surface area contributed by atoms with E-state index in [4.69, 9.17) is 5.73 Å². The van der Waals surface area contributed by atoms with E-state index in [1.807, 2.05) is 13.0 Å². The third-order valence-corrected chi connectivity index (χ3v) is 2.98. The number of anilines is 2. The molecule has 0 aromatic heterocycles. The van der Waals surface area contributed by atoms with E-state index < -0.39 is 0 Å². The third kappa shape index (κ3) is 2.63. The lowest BCUT2D eigenvalue weighted by molar-refractivity contribution is 0.479. The Kier molecular flexibility index (Phi) is 3.11. The minimum Gasteiger partial charge on any atom is -0.399 e. The lowest BCUT2D eigenvalue weighted by atomic mass is 10.1. The number of aryl methyl sites for hydroxylation is 1. The summed E-state index contributed by atoms with van der Waals surface area (Å²) in [5.74, 6) is 0. The highest BCUT2D eigenvalue weighted by Gasteiger charge is 2.12. The Morgan fingerprint density at radius 2 is 2.07 bits per heavy atom. The topological polar surface area (TPSA) is 50.1 Å². The molecule has 82 valence electrons. The van der Waals surface area contributed by atoms with Crippen molar-refractivity contribution >= 4 is 11.4 Å². The van der Waals surface area contributed by atoms with Crippen LogP contribution in [0.1, 0.15) is 18.4 Å². The van der Waals surface area contributed by atoms with Gasteiger partial charge in [0, 0.05) is 17.4 Å². The molecule has 1 aliphatic rings. The highest BCUT2D eigenvalue weighted by atomic mass is 15.0. The second-order valence-corrected chi connectivity index (χ2v) is 4.24. The maximum absolute atomic E-state index is 5.78. The first-order valence-electron chi connectivity index (χ1n) is 5.59. The molecule has 4 N–H and O–H groups in total. The van der Waals surface area contributed by atoms with Crippen LogP contribution in [0.3, 0.4) is 0 Å². The second-order valence-electron chi connectivity index (χ2n) is 4.24. The number of benzene rings is 1. The van der Waals surface area contributed by atoms with E-state index in [9.17, 15) is 0 Å². The molecule has 15 heavy (non-hydrogen) atoms. The van der Waals surface area contributed by atoms with E-state index in [1.165, 1.54) is 18.5 Å². The summed E-state index contributed by atoms with van der Waals surface area (Å²) in [6, 6.07) is 6.76. The van der Waals surface area contributed by atoms with Crippen molar-refractivity contribution in [2.24, 2.45) is 0 Å². The Labute approximate surface area is 91.1 Å². The van der Waals surface area contributed by atoms with Crippen LogP contribution >= 0.6 is 0 Å². The molecule has 3 nitrogen and oxygen atoms in total. The van der Waals surface area contributed by atoms with Gasteiger partial charge in [-0.15, -0.1) is 0 Å². The normalized spacial score (nSPS) is 17.7. The van der Waals surface area contributed by atoms with Crippen molar-refractivity contribution in [3.05, 3.63) is 23.8 Å². The minimum absolute atomic E-state index is 0.606. The average Bonchev–Trinajstić information content (AvgIpc) is 2.25. The lowest BCUT2D eigenvalue weighted by Crippen LogP contribution is -2.35. The van der Waals surface area contributed by atoms with Crippen molar-refractivity contribution in [3.8, 4) is 0 Å². The second kappa shape index (κ2) is 4.53. The van der Waals surface area contributed by atoms with Crippen LogP contribution in [-0.2, 0) is 0 Å². The number of nitrogen functional groups attached to an aromatic ring is 1. The fourth-order valence-corrected chi connectivity index (χ4v) is 1.97. The van der Waals surface area contributed by atoms with Crippen LogP contribution in [0.5, 0.6) is 0 Å². The van der Waals surface area contributed by atoms with Gasteiger partial charge in [-0.1, -0.05) is 0 Å². The van der Waals surface area contributed by atoms with Gasteiger partial charge < -0.3 is 16.4 Å². The lowest BCUT2D eigenvalue weighted by Gasteiger charge is -2.24. The van der Waals surface area contributed by atoms with Crippen LogP contribution in [-0.4, -0.2) is 19.1 Å². The zero-order valence-electron chi connectivity index (χ0n) is 9.22. The fourth-order valence-electron chi connectivity index (χ4n) is 1.97. The Balaban J connectivity index is 2.00. The van der Waals surface area contributed by atoms with Gasteiger partial charge in [0.2, 0.25) is 0 Å². The summed E-state index contributed by atoms with van der Waals surface area (Å²) in [7, 11) is 0. The van der Waals surface area contributed by atoms with Crippen LogP contribution in [0.15, 0.2) is 18.2 Å². The van der Waals surface area contributed by atoms with Crippen LogP contribution in [0.4, 0.5) is 11.4 Å². The third-order valence-electron chi connectivity index (χ3n) is 2.98. The predicted molar refractivity (Wildman–Crippen MR) is 65.1 cm³/mol. The van der Waals surface area contributed by atoms with Crippen LogP contribution < -0.4 is 16.4 Å². The summed E-state index contributed by atoms with van der Waals surface area (Å²) in [4.78, 5) is 0. The molecule has 1 saturated heterocycles. The summed E-state index contributed by atoms with van der Waals surface area (Å²) in [6.45, 7) is 4.28. The van der Waals surface area contributed by atoms with Gasteiger partial charge in [-0.05, 0) is 56.6 Å². The summed E-state index contributed by atoms with van der Waals surface area (Å²) >= 11 is 0. The Morgan fingerprint density at radius 3 is 2.73 bits per heavy atom. The van der Waals surface area contributed by atoms with Crippen molar-refractivity contribution in [2.75, 3.05) is 24.1 Å². The minimum atomic E-state index is 0.606. The SMILES string of the molecule is Cc1cc(NC2CCNCC2)ccc1N. The molecule has 0 unspecified atom stereocenters. The van der Waals surface area contributed by atoms with Gasteiger partial charge in [-0.2, -0.15) is 0 Å². The quantitative estimate of drug-likeness (QED) is 0.645. The first-order chi connectivity index (χ1) is 7.25. The fraction of sp³-hybridized carbons (Fsp3) is 0.500. The summed E-state index contributed by atoms with van der Waals surface area (Å²) < 4.78 is 0. The van der Waals surface area contributed by atoms with Gasteiger partial charge in [0.25, 0.3) is 0 Å². The van der Waals surface area contributed by atoms with Gasteiger partial charge >= 0.3 is 0 Å². The predicted octanol–water partition coefficient (Wildman–Crippen LogP) is 1.74. The van der Waals surface area contributed by atoms with Crippen molar-refractivity contribution < 1.29 is 0 Å². The standard InChI is InChI=1S/C12H19N3/c1-9-8-11(2-3-12(9)13)15-10-4-6-14-7-5-10/h2-3,8,10,14-15H,4-7,13H2,1H3. The number of nitrogens with two attached hydrogens (primary N) is 1. The average molecular weight is 205 g/mol.